The van der Waals surface area contributed by atoms with E-state index in [1.54, 1.807) is 19.2 Å². The normalized spacial score (nSPS) is 10.2. The first kappa shape index (κ1) is 15.6. The van der Waals surface area contributed by atoms with Gasteiger partial charge in [0.2, 0.25) is 0 Å². The Hall–Kier alpha value is -1.83. The molecule has 0 unspecified atom stereocenters. The average molecular weight is 398 g/mol. The quantitative estimate of drug-likeness (QED) is 0.456. The second kappa shape index (κ2) is 7.26. The van der Waals surface area contributed by atoms with Crippen molar-refractivity contribution in [2.75, 3.05) is 19.0 Å². The summed E-state index contributed by atoms with van der Waals surface area (Å²) < 4.78 is 5.95. The van der Waals surface area contributed by atoms with Gasteiger partial charge in [0.05, 0.1) is 12.0 Å². The van der Waals surface area contributed by atoms with Gasteiger partial charge < -0.3 is 10.1 Å². The number of halogens is 1. The molecule has 1 N–H and O–H groups in total. The molecule has 0 amide bonds. The van der Waals surface area contributed by atoms with Gasteiger partial charge in [0.25, 0.3) is 5.69 Å². The van der Waals surface area contributed by atoms with Gasteiger partial charge in [-0.3, -0.25) is 10.1 Å². The summed E-state index contributed by atoms with van der Waals surface area (Å²) in [6.07, 6.45) is 0.785. The van der Waals surface area contributed by atoms with E-state index in [0.29, 0.717) is 12.2 Å². The Bertz CT molecular complexity index is 629. The predicted molar refractivity (Wildman–Crippen MR) is 91.0 cm³/mol. The van der Waals surface area contributed by atoms with E-state index in [4.69, 9.17) is 4.74 Å². The standard InChI is InChI=1S/C15H15IN2O3/c1-21-13-5-2-11(3-6-13)8-9-17-14-7-4-12(16)10-15(14)18(19)20/h2-7,10,17H,8-9H2,1H3. The van der Waals surface area contributed by atoms with E-state index in [1.807, 2.05) is 30.3 Å². The molecule has 0 heterocycles. The summed E-state index contributed by atoms with van der Waals surface area (Å²) in [5.41, 5.74) is 1.81. The van der Waals surface area contributed by atoms with Crippen LogP contribution in [0, 0.1) is 13.7 Å². The molecule has 0 aliphatic rings. The number of nitro benzene ring substituents is 1. The van der Waals surface area contributed by atoms with Crippen molar-refractivity contribution in [2.45, 2.75) is 6.42 Å². The molecule has 110 valence electrons. The molecule has 0 saturated carbocycles. The van der Waals surface area contributed by atoms with Crippen molar-refractivity contribution < 1.29 is 9.66 Å². The van der Waals surface area contributed by atoms with E-state index in [0.717, 1.165) is 21.3 Å². The fraction of sp³-hybridized carbons (Fsp3) is 0.200. The molecule has 0 atom stereocenters. The monoisotopic (exact) mass is 398 g/mol. The Morgan fingerprint density at radius 2 is 1.95 bits per heavy atom. The van der Waals surface area contributed by atoms with Crippen LogP contribution in [0.5, 0.6) is 5.75 Å². The fourth-order valence-corrected chi connectivity index (χ4v) is 2.41. The highest BCUT2D eigenvalue weighted by Gasteiger charge is 2.13. The average Bonchev–Trinajstić information content (AvgIpc) is 2.49. The SMILES string of the molecule is COc1ccc(CCNc2ccc(I)cc2[N+](=O)[O-])cc1. The van der Waals surface area contributed by atoms with Gasteiger partial charge in [-0.2, -0.15) is 0 Å². The van der Waals surface area contributed by atoms with Crippen LogP contribution in [0.15, 0.2) is 42.5 Å². The van der Waals surface area contributed by atoms with Crippen molar-refractivity contribution in [3.05, 3.63) is 61.7 Å². The highest BCUT2D eigenvalue weighted by atomic mass is 127. The topological polar surface area (TPSA) is 64.4 Å². The molecule has 0 aromatic heterocycles. The zero-order valence-corrected chi connectivity index (χ0v) is 13.7. The van der Waals surface area contributed by atoms with Gasteiger partial charge in [0.1, 0.15) is 11.4 Å². The summed E-state index contributed by atoms with van der Waals surface area (Å²) in [5, 5.41) is 14.1. The summed E-state index contributed by atoms with van der Waals surface area (Å²) in [5.74, 6) is 0.819. The van der Waals surface area contributed by atoms with Crippen LogP contribution in [-0.2, 0) is 6.42 Å². The van der Waals surface area contributed by atoms with Crippen molar-refractivity contribution in [3.8, 4) is 5.75 Å². The van der Waals surface area contributed by atoms with Crippen molar-refractivity contribution in [1.29, 1.82) is 0 Å². The second-order valence-corrected chi connectivity index (χ2v) is 5.69. The van der Waals surface area contributed by atoms with Crippen molar-refractivity contribution in [1.82, 2.24) is 0 Å². The van der Waals surface area contributed by atoms with Crippen molar-refractivity contribution >= 4 is 34.0 Å². The Balaban J connectivity index is 1.98. The van der Waals surface area contributed by atoms with Crippen LogP contribution < -0.4 is 10.1 Å². The molecule has 0 aliphatic heterocycles. The van der Waals surface area contributed by atoms with Gasteiger partial charge in [-0.15, -0.1) is 0 Å². The van der Waals surface area contributed by atoms with Gasteiger partial charge in [-0.25, -0.2) is 0 Å². The van der Waals surface area contributed by atoms with Gasteiger partial charge in [-0.1, -0.05) is 12.1 Å². The Labute approximate surface area is 136 Å². The zero-order valence-electron chi connectivity index (χ0n) is 11.5. The third-order valence-corrected chi connectivity index (χ3v) is 3.72. The first-order valence-electron chi connectivity index (χ1n) is 6.41. The highest BCUT2D eigenvalue weighted by Crippen LogP contribution is 2.26. The summed E-state index contributed by atoms with van der Waals surface area (Å²) >= 11 is 2.07. The van der Waals surface area contributed by atoms with Crippen LogP contribution in [0.2, 0.25) is 0 Å². The summed E-state index contributed by atoms with van der Waals surface area (Å²) in [4.78, 5) is 10.7. The van der Waals surface area contributed by atoms with Crippen LogP contribution in [-0.4, -0.2) is 18.6 Å². The van der Waals surface area contributed by atoms with Gasteiger partial charge in [0.15, 0.2) is 0 Å². The van der Waals surface area contributed by atoms with Gasteiger partial charge >= 0.3 is 0 Å². The molecule has 21 heavy (non-hydrogen) atoms. The van der Waals surface area contributed by atoms with Gasteiger partial charge in [-0.05, 0) is 58.8 Å². The lowest BCUT2D eigenvalue weighted by molar-refractivity contribution is -0.384. The number of anilines is 1. The Morgan fingerprint density at radius 3 is 2.57 bits per heavy atom. The molecule has 2 aromatic carbocycles. The minimum atomic E-state index is -0.363. The number of nitrogens with zero attached hydrogens (tertiary/aromatic N) is 1. The minimum Gasteiger partial charge on any atom is -0.497 e. The van der Waals surface area contributed by atoms with Crippen LogP contribution in [0.25, 0.3) is 0 Å². The van der Waals surface area contributed by atoms with Crippen LogP contribution in [0.4, 0.5) is 11.4 Å². The maximum Gasteiger partial charge on any atom is 0.293 e. The van der Waals surface area contributed by atoms with E-state index in [-0.39, 0.29) is 10.6 Å². The molecule has 0 bridgehead atoms. The van der Waals surface area contributed by atoms with E-state index in [1.165, 1.54) is 0 Å². The molecule has 0 aliphatic carbocycles. The second-order valence-electron chi connectivity index (χ2n) is 4.44. The molecular weight excluding hydrogens is 383 g/mol. The molecule has 0 fully saturated rings. The fourth-order valence-electron chi connectivity index (χ4n) is 1.94. The lowest BCUT2D eigenvalue weighted by Gasteiger charge is -2.08. The molecule has 0 spiro atoms. The van der Waals surface area contributed by atoms with Crippen LogP contribution >= 0.6 is 22.6 Å². The Morgan fingerprint density at radius 1 is 1.24 bits per heavy atom. The number of benzene rings is 2. The summed E-state index contributed by atoms with van der Waals surface area (Å²) in [6.45, 7) is 0.633. The van der Waals surface area contributed by atoms with E-state index < -0.39 is 0 Å². The summed E-state index contributed by atoms with van der Waals surface area (Å²) in [7, 11) is 1.63. The van der Waals surface area contributed by atoms with E-state index in [2.05, 4.69) is 27.9 Å². The number of hydrogen-bond acceptors (Lipinski definition) is 4. The number of hydrogen-bond donors (Lipinski definition) is 1. The number of methoxy groups -OCH3 is 1. The molecule has 0 radical (unpaired) electrons. The Kier molecular flexibility index (Phi) is 5.38. The summed E-state index contributed by atoms with van der Waals surface area (Å²) in [6, 6.07) is 12.9. The molecular formula is C15H15IN2O3. The molecule has 2 rings (SSSR count). The van der Waals surface area contributed by atoms with E-state index in [9.17, 15) is 10.1 Å². The largest absolute Gasteiger partial charge is 0.497 e. The maximum atomic E-state index is 11.0. The highest BCUT2D eigenvalue weighted by molar-refractivity contribution is 14.1. The third kappa shape index (κ3) is 4.32. The molecule has 5 nitrogen and oxygen atoms in total. The number of nitro groups is 1. The van der Waals surface area contributed by atoms with Crippen molar-refractivity contribution in [2.24, 2.45) is 0 Å². The third-order valence-electron chi connectivity index (χ3n) is 3.04. The first-order chi connectivity index (χ1) is 10.1. The minimum absolute atomic E-state index is 0.108. The van der Waals surface area contributed by atoms with Crippen molar-refractivity contribution in [3.63, 3.8) is 0 Å². The molecule has 0 saturated heterocycles. The predicted octanol–water partition coefficient (Wildman–Crippen LogP) is 3.86. The smallest absolute Gasteiger partial charge is 0.293 e. The molecule has 2 aromatic rings. The van der Waals surface area contributed by atoms with Crippen LogP contribution in [0.3, 0.4) is 0 Å². The number of rotatable bonds is 6. The first-order valence-corrected chi connectivity index (χ1v) is 7.49. The number of ether oxygens (including phenoxy) is 1. The lowest BCUT2D eigenvalue weighted by Crippen LogP contribution is -2.07. The van der Waals surface area contributed by atoms with E-state index >= 15 is 0 Å². The van der Waals surface area contributed by atoms with Gasteiger partial charge in [0, 0.05) is 16.2 Å². The zero-order chi connectivity index (χ0) is 15.2. The maximum absolute atomic E-state index is 11.0. The van der Waals surface area contributed by atoms with Crippen LogP contribution in [0.1, 0.15) is 5.56 Å². The molecule has 6 heteroatoms. The number of nitrogens with one attached hydrogen (secondary N) is 1. The lowest BCUT2D eigenvalue weighted by atomic mass is 10.1.